The van der Waals surface area contributed by atoms with E-state index in [2.05, 4.69) is 29.4 Å². The maximum absolute atomic E-state index is 12.5. The second-order valence-corrected chi connectivity index (χ2v) is 7.14. The smallest absolute Gasteiger partial charge is 0.242 e. The molecule has 1 aliphatic rings. The minimum atomic E-state index is -0.146. The third-order valence-electron chi connectivity index (χ3n) is 4.32. The SMILES string of the molecule is CN(C)CCOc1ccc(NC(=O)C2NCCCC2(C)C)cc1.Cl. The van der Waals surface area contributed by atoms with Crippen molar-refractivity contribution in [1.29, 1.82) is 0 Å². The molecule has 1 fully saturated rings. The molecule has 1 unspecified atom stereocenters. The second kappa shape index (κ2) is 9.25. The van der Waals surface area contributed by atoms with Gasteiger partial charge < -0.3 is 20.3 Å². The number of likely N-dealkylation sites (N-methyl/N-ethyl adjacent to an activating group) is 1. The number of ether oxygens (including phenoxy) is 1. The van der Waals surface area contributed by atoms with E-state index in [1.54, 1.807) is 0 Å². The molecule has 0 spiro atoms. The van der Waals surface area contributed by atoms with Crippen LogP contribution in [-0.2, 0) is 4.79 Å². The lowest BCUT2D eigenvalue weighted by Crippen LogP contribution is -2.53. The van der Waals surface area contributed by atoms with Crippen LogP contribution in [0.2, 0.25) is 0 Å². The van der Waals surface area contributed by atoms with Crippen molar-refractivity contribution in [1.82, 2.24) is 10.2 Å². The van der Waals surface area contributed by atoms with E-state index in [0.29, 0.717) is 6.61 Å². The van der Waals surface area contributed by atoms with E-state index in [4.69, 9.17) is 4.74 Å². The number of carbonyl (C=O) groups excluding carboxylic acids is 1. The van der Waals surface area contributed by atoms with E-state index >= 15 is 0 Å². The van der Waals surface area contributed by atoms with E-state index < -0.39 is 0 Å². The number of nitrogens with zero attached hydrogens (tertiary/aromatic N) is 1. The Bertz CT molecular complexity index is 518. The maximum Gasteiger partial charge on any atom is 0.242 e. The van der Waals surface area contributed by atoms with Crippen molar-refractivity contribution in [2.45, 2.75) is 32.7 Å². The van der Waals surface area contributed by atoms with Crippen LogP contribution in [-0.4, -0.2) is 50.6 Å². The minimum absolute atomic E-state index is 0. The third kappa shape index (κ3) is 5.96. The predicted octanol–water partition coefficient (Wildman–Crippen LogP) is 2.77. The third-order valence-corrected chi connectivity index (χ3v) is 4.32. The van der Waals surface area contributed by atoms with Gasteiger partial charge in [0.15, 0.2) is 0 Å². The summed E-state index contributed by atoms with van der Waals surface area (Å²) < 4.78 is 5.66. The first-order valence-corrected chi connectivity index (χ1v) is 8.30. The van der Waals surface area contributed by atoms with Crippen molar-refractivity contribution in [2.24, 2.45) is 5.41 Å². The summed E-state index contributed by atoms with van der Waals surface area (Å²) >= 11 is 0. The van der Waals surface area contributed by atoms with Crippen molar-refractivity contribution in [3.8, 4) is 5.75 Å². The number of anilines is 1. The zero-order chi connectivity index (χ0) is 16.9. The van der Waals surface area contributed by atoms with Crippen molar-refractivity contribution >= 4 is 24.0 Å². The van der Waals surface area contributed by atoms with Crippen LogP contribution >= 0.6 is 12.4 Å². The summed E-state index contributed by atoms with van der Waals surface area (Å²) in [6.45, 7) is 6.72. The first kappa shape index (κ1) is 20.7. The number of halogens is 1. The lowest BCUT2D eigenvalue weighted by atomic mass is 9.77. The molecule has 1 heterocycles. The van der Waals surface area contributed by atoms with Crippen LogP contribution in [0.3, 0.4) is 0 Å². The van der Waals surface area contributed by atoms with E-state index in [0.717, 1.165) is 37.4 Å². The van der Waals surface area contributed by atoms with Gasteiger partial charge in [-0.3, -0.25) is 4.79 Å². The van der Waals surface area contributed by atoms with Gasteiger partial charge in [0.25, 0.3) is 0 Å². The summed E-state index contributed by atoms with van der Waals surface area (Å²) in [6.07, 6.45) is 2.19. The number of hydrogen-bond donors (Lipinski definition) is 2. The van der Waals surface area contributed by atoms with Crippen molar-refractivity contribution < 1.29 is 9.53 Å². The van der Waals surface area contributed by atoms with Crippen LogP contribution in [0.1, 0.15) is 26.7 Å². The largest absolute Gasteiger partial charge is 0.492 e. The molecule has 1 aromatic carbocycles. The number of benzene rings is 1. The fourth-order valence-electron chi connectivity index (χ4n) is 2.85. The molecule has 2 rings (SSSR count). The van der Waals surface area contributed by atoms with Crippen LogP contribution in [0, 0.1) is 5.41 Å². The topological polar surface area (TPSA) is 53.6 Å². The van der Waals surface area contributed by atoms with Gasteiger partial charge in [-0.2, -0.15) is 0 Å². The summed E-state index contributed by atoms with van der Waals surface area (Å²) in [5.74, 6) is 0.858. The molecular weight excluding hydrogens is 326 g/mol. The van der Waals surface area contributed by atoms with Gasteiger partial charge in [-0.1, -0.05) is 13.8 Å². The number of amides is 1. The number of piperidine rings is 1. The summed E-state index contributed by atoms with van der Waals surface area (Å²) in [5, 5.41) is 6.34. The van der Waals surface area contributed by atoms with Crippen molar-refractivity contribution in [2.75, 3.05) is 39.1 Å². The molecule has 136 valence electrons. The van der Waals surface area contributed by atoms with E-state index in [1.807, 2.05) is 38.4 Å². The molecule has 0 aromatic heterocycles. The molecule has 1 saturated heterocycles. The average molecular weight is 356 g/mol. The zero-order valence-electron chi connectivity index (χ0n) is 15.1. The standard InChI is InChI=1S/C18H29N3O2.ClH/c1-18(2)10-5-11-19-16(18)17(22)20-14-6-8-15(9-7-14)23-13-12-21(3)4;/h6-9,16,19H,5,10-13H2,1-4H3,(H,20,22);1H. The monoisotopic (exact) mass is 355 g/mol. The Hall–Kier alpha value is -1.30. The Kier molecular flexibility index (Phi) is 8.00. The zero-order valence-corrected chi connectivity index (χ0v) is 15.9. The van der Waals surface area contributed by atoms with Gasteiger partial charge in [0.05, 0.1) is 6.04 Å². The lowest BCUT2D eigenvalue weighted by Gasteiger charge is -2.38. The Labute approximate surface area is 151 Å². The quantitative estimate of drug-likeness (QED) is 0.823. The minimum Gasteiger partial charge on any atom is -0.492 e. The van der Waals surface area contributed by atoms with Crippen LogP contribution in [0.25, 0.3) is 0 Å². The van der Waals surface area contributed by atoms with Gasteiger partial charge in [-0.25, -0.2) is 0 Å². The molecule has 2 N–H and O–H groups in total. The molecule has 6 heteroatoms. The number of rotatable bonds is 6. The lowest BCUT2D eigenvalue weighted by molar-refractivity contribution is -0.121. The highest BCUT2D eigenvalue weighted by Gasteiger charge is 2.36. The van der Waals surface area contributed by atoms with Gasteiger partial charge in [-0.15, -0.1) is 12.4 Å². The highest BCUT2D eigenvalue weighted by Crippen LogP contribution is 2.30. The maximum atomic E-state index is 12.5. The molecule has 0 radical (unpaired) electrons. The van der Waals surface area contributed by atoms with Crippen LogP contribution in [0.5, 0.6) is 5.75 Å². The molecule has 1 atom stereocenters. The van der Waals surface area contributed by atoms with Crippen LogP contribution in [0.4, 0.5) is 5.69 Å². The summed E-state index contributed by atoms with van der Waals surface area (Å²) in [4.78, 5) is 14.6. The number of hydrogen-bond acceptors (Lipinski definition) is 4. The Morgan fingerprint density at radius 3 is 2.58 bits per heavy atom. The Morgan fingerprint density at radius 2 is 2.00 bits per heavy atom. The normalized spacial score (nSPS) is 19.5. The van der Waals surface area contributed by atoms with Gasteiger partial charge in [-0.05, 0) is 63.2 Å². The Balaban J connectivity index is 0.00000288. The fourth-order valence-corrected chi connectivity index (χ4v) is 2.85. The fraction of sp³-hybridized carbons (Fsp3) is 0.611. The van der Waals surface area contributed by atoms with Gasteiger partial charge >= 0.3 is 0 Å². The average Bonchev–Trinajstić information content (AvgIpc) is 2.48. The van der Waals surface area contributed by atoms with Crippen LogP contribution in [0.15, 0.2) is 24.3 Å². The van der Waals surface area contributed by atoms with Gasteiger partial charge in [0, 0.05) is 12.2 Å². The number of nitrogens with one attached hydrogen (secondary N) is 2. The van der Waals surface area contributed by atoms with E-state index in [-0.39, 0.29) is 29.8 Å². The van der Waals surface area contributed by atoms with Gasteiger partial charge in [0.2, 0.25) is 5.91 Å². The van der Waals surface area contributed by atoms with Crippen molar-refractivity contribution in [3.05, 3.63) is 24.3 Å². The first-order valence-electron chi connectivity index (χ1n) is 8.30. The van der Waals surface area contributed by atoms with Gasteiger partial charge in [0.1, 0.15) is 12.4 Å². The molecule has 24 heavy (non-hydrogen) atoms. The Morgan fingerprint density at radius 1 is 1.33 bits per heavy atom. The van der Waals surface area contributed by atoms with E-state index in [9.17, 15) is 4.79 Å². The summed E-state index contributed by atoms with van der Waals surface area (Å²) in [7, 11) is 4.03. The van der Waals surface area contributed by atoms with Crippen molar-refractivity contribution in [3.63, 3.8) is 0 Å². The molecule has 0 bridgehead atoms. The molecule has 0 saturated carbocycles. The highest BCUT2D eigenvalue weighted by atomic mass is 35.5. The summed E-state index contributed by atoms with van der Waals surface area (Å²) in [6, 6.07) is 7.42. The molecule has 5 nitrogen and oxygen atoms in total. The molecule has 1 aromatic rings. The summed E-state index contributed by atoms with van der Waals surface area (Å²) in [5.41, 5.74) is 0.788. The molecule has 0 aliphatic carbocycles. The predicted molar refractivity (Wildman–Crippen MR) is 101 cm³/mol. The number of carbonyl (C=O) groups is 1. The molecular formula is C18H30ClN3O2. The second-order valence-electron chi connectivity index (χ2n) is 7.14. The first-order chi connectivity index (χ1) is 10.9. The highest BCUT2D eigenvalue weighted by molar-refractivity contribution is 5.95. The molecule has 1 aliphatic heterocycles. The van der Waals surface area contributed by atoms with E-state index in [1.165, 1.54) is 0 Å². The molecule has 1 amide bonds. The van der Waals surface area contributed by atoms with Crippen LogP contribution < -0.4 is 15.4 Å².